The molecular formula is C20H18Cl2N2O2S. The van der Waals surface area contributed by atoms with E-state index >= 15 is 0 Å². The number of nitrogens with zero attached hydrogens (tertiary/aromatic N) is 2. The molecule has 1 aliphatic heterocycles. The predicted molar refractivity (Wildman–Crippen MR) is 111 cm³/mol. The van der Waals surface area contributed by atoms with Gasteiger partial charge in [0.2, 0.25) is 0 Å². The predicted octanol–water partition coefficient (Wildman–Crippen LogP) is 5.74. The van der Waals surface area contributed by atoms with E-state index in [0.29, 0.717) is 27.3 Å². The van der Waals surface area contributed by atoms with E-state index in [9.17, 15) is 4.79 Å². The van der Waals surface area contributed by atoms with Gasteiger partial charge in [-0.3, -0.25) is 9.69 Å². The molecule has 1 aromatic heterocycles. The largest absolute Gasteiger partial charge is 0.376 e. The lowest BCUT2D eigenvalue weighted by molar-refractivity contribution is 0.0917. The molecular weight excluding hydrogens is 403 g/mol. The van der Waals surface area contributed by atoms with Gasteiger partial charge in [0.15, 0.2) is 5.13 Å². The Hall–Kier alpha value is -1.66. The van der Waals surface area contributed by atoms with Crippen molar-refractivity contribution in [3.05, 3.63) is 57.6 Å². The number of hydrogen-bond acceptors (Lipinski definition) is 4. The van der Waals surface area contributed by atoms with Crippen molar-refractivity contribution in [1.29, 1.82) is 0 Å². The Balaban J connectivity index is 1.73. The normalized spacial score (nSPS) is 16.8. The molecule has 1 amide bonds. The van der Waals surface area contributed by atoms with Crippen molar-refractivity contribution >= 4 is 55.8 Å². The third-order valence-corrected chi connectivity index (χ3v) is 6.01. The summed E-state index contributed by atoms with van der Waals surface area (Å²) in [5.41, 5.74) is 2.49. The van der Waals surface area contributed by atoms with Crippen LogP contribution in [0.5, 0.6) is 0 Å². The van der Waals surface area contributed by atoms with E-state index in [4.69, 9.17) is 27.9 Å². The van der Waals surface area contributed by atoms with E-state index in [-0.39, 0.29) is 12.0 Å². The van der Waals surface area contributed by atoms with Crippen LogP contribution in [0.25, 0.3) is 10.2 Å². The minimum absolute atomic E-state index is 0.0114. The zero-order valence-electron chi connectivity index (χ0n) is 14.7. The van der Waals surface area contributed by atoms with E-state index in [0.717, 1.165) is 35.2 Å². The highest BCUT2D eigenvalue weighted by atomic mass is 35.5. The second-order valence-electron chi connectivity index (χ2n) is 6.68. The van der Waals surface area contributed by atoms with Crippen LogP contribution in [0, 0.1) is 6.92 Å². The van der Waals surface area contributed by atoms with E-state index in [1.165, 1.54) is 11.3 Å². The lowest BCUT2D eigenvalue weighted by Gasteiger charge is -2.23. The van der Waals surface area contributed by atoms with Gasteiger partial charge in [-0.2, -0.15) is 0 Å². The summed E-state index contributed by atoms with van der Waals surface area (Å²) in [6.07, 6.45) is 1.95. The van der Waals surface area contributed by atoms with Gasteiger partial charge in [0, 0.05) is 22.2 Å². The molecule has 4 rings (SSSR count). The third kappa shape index (κ3) is 4.11. The molecule has 27 heavy (non-hydrogen) atoms. The monoisotopic (exact) mass is 420 g/mol. The molecule has 2 heterocycles. The van der Waals surface area contributed by atoms with Gasteiger partial charge in [-0.1, -0.05) is 40.6 Å². The second-order valence-corrected chi connectivity index (χ2v) is 8.56. The zero-order valence-corrected chi connectivity index (χ0v) is 17.1. The summed E-state index contributed by atoms with van der Waals surface area (Å²) in [4.78, 5) is 19.7. The van der Waals surface area contributed by atoms with Gasteiger partial charge in [0.1, 0.15) is 0 Å². The summed E-state index contributed by atoms with van der Waals surface area (Å²) in [7, 11) is 0. The molecule has 1 saturated heterocycles. The molecule has 2 aromatic carbocycles. The van der Waals surface area contributed by atoms with Crippen molar-refractivity contribution in [3.8, 4) is 0 Å². The Morgan fingerprint density at radius 1 is 1.26 bits per heavy atom. The minimum atomic E-state index is -0.175. The van der Waals surface area contributed by atoms with Crippen LogP contribution in [-0.4, -0.2) is 30.1 Å². The summed E-state index contributed by atoms with van der Waals surface area (Å²) in [6, 6.07) is 11.0. The average molecular weight is 421 g/mol. The van der Waals surface area contributed by atoms with Crippen molar-refractivity contribution in [2.24, 2.45) is 0 Å². The fourth-order valence-electron chi connectivity index (χ4n) is 3.21. The first-order valence-corrected chi connectivity index (χ1v) is 10.3. The summed E-state index contributed by atoms with van der Waals surface area (Å²) in [5, 5.41) is 1.53. The number of aryl methyl sites for hydroxylation is 1. The highest BCUT2D eigenvalue weighted by Gasteiger charge is 2.27. The fraction of sp³-hybridized carbons (Fsp3) is 0.300. The number of amides is 1. The van der Waals surface area contributed by atoms with E-state index in [1.807, 2.05) is 19.1 Å². The fourth-order valence-corrected chi connectivity index (χ4v) is 4.81. The standard InChI is InChI=1S/C20H18Cl2N2O2S/c1-12-4-5-17-18(7-12)27-20(23-17)24(11-16-3-2-6-26-16)19(25)13-8-14(21)10-15(22)9-13/h4-5,7-10,16H,2-3,6,11H2,1H3. The summed E-state index contributed by atoms with van der Waals surface area (Å²) >= 11 is 13.7. The highest BCUT2D eigenvalue weighted by molar-refractivity contribution is 7.22. The molecule has 0 saturated carbocycles. The molecule has 3 aromatic rings. The third-order valence-electron chi connectivity index (χ3n) is 4.53. The van der Waals surface area contributed by atoms with Crippen LogP contribution < -0.4 is 4.90 Å². The van der Waals surface area contributed by atoms with Gasteiger partial charge in [0.25, 0.3) is 5.91 Å². The average Bonchev–Trinajstić information content (AvgIpc) is 3.27. The maximum Gasteiger partial charge on any atom is 0.260 e. The summed E-state index contributed by atoms with van der Waals surface area (Å²) < 4.78 is 6.82. The lowest BCUT2D eigenvalue weighted by Crippen LogP contribution is -2.37. The molecule has 1 atom stereocenters. The second kappa shape index (κ2) is 7.76. The molecule has 1 unspecified atom stereocenters. The van der Waals surface area contributed by atoms with E-state index in [2.05, 4.69) is 11.1 Å². The molecule has 7 heteroatoms. The lowest BCUT2D eigenvalue weighted by atomic mass is 10.1. The first-order valence-electron chi connectivity index (χ1n) is 8.76. The Morgan fingerprint density at radius 2 is 2.04 bits per heavy atom. The van der Waals surface area contributed by atoms with E-state index < -0.39 is 0 Å². The van der Waals surface area contributed by atoms with Crippen LogP contribution in [0.1, 0.15) is 28.8 Å². The number of benzene rings is 2. The number of fused-ring (bicyclic) bond motifs is 1. The number of anilines is 1. The van der Waals surface area contributed by atoms with Crippen molar-refractivity contribution in [3.63, 3.8) is 0 Å². The number of halogens is 2. The van der Waals surface area contributed by atoms with Gasteiger partial charge in [-0.15, -0.1) is 0 Å². The van der Waals surface area contributed by atoms with Gasteiger partial charge < -0.3 is 4.74 Å². The Morgan fingerprint density at radius 3 is 2.74 bits per heavy atom. The summed E-state index contributed by atoms with van der Waals surface area (Å²) in [6.45, 7) is 3.23. The first kappa shape index (κ1) is 18.7. The molecule has 0 radical (unpaired) electrons. The van der Waals surface area contributed by atoms with Gasteiger partial charge >= 0.3 is 0 Å². The highest BCUT2D eigenvalue weighted by Crippen LogP contribution is 2.32. The Labute approximate surface area is 171 Å². The van der Waals surface area contributed by atoms with Gasteiger partial charge in [-0.25, -0.2) is 4.98 Å². The Kier molecular flexibility index (Phi) is 5.37. The SMILES string of the molecule is Cc1ccc2nc(N(CC3CCCO3)C(=O)c3cc(Cl)cc(Cl)c3)sc2c1. The van der Waals surface area contributed by atoms with Gasteiger partial charge in [-0.05, 0) is 55.7 Å². The number of carbonyl (C=O) groups excluding carboxylic acids is 1. The Bertz CT molecular complexity index is 979. The zero-order chi connectivity index (χ0) is 19.0. The number of ether oxygens (including phenoxy) is 1. The maximum absolute atomic E-state index is 13.3. The first-order chi connectivity index (χ1) is 13.0. The van der Waals surface area contributed by atoms with E-state index in [1.54, 1.807) is 23.1 Å². The smallest absolute Gasteiger partial charge is 0.260 e. The molecule has 0 bridgehead atoms. The van der Waals surface area contributed by atoms with Crippen molar-refractivity contribution < 1.29 is 9.53 Å². The van der Waals surface area contributed by atoms with Gasteiger partial charge in [0.05, 0.1) is 22.9 Å². The number of carbonyl (C=O) groups is 1. The van der Waals surface area contributed by atoms with Crippen LogP contribution in [0.3, 0.4) is 0 Å². The molecule has 4 nitrogen and oxygen atoms in total. The number of rotatable bonds is 4. The van der Waals surface area contributed by atoms with Crippen LogP contribution in [0.15, 0.2) is 36.4 Å². The molecule has 140 valence electrons. The molecule has 0 spiro atoms. The van der Waals surface area contributed by atoms with Crippen LogP contribution in [0.4, 0.5) is 5.13 Å². The minimum Gasteiger partial charge on any atom is -0.376 e. The summed E-state index contributed by atoms with van der Waals surface area (Å²) in [5.74, 6) is -0.175. The van der Waals surface area contributed by atoms with Crippen molar-refractivity contribution in [1.82, 2.24) is 4.98 Å². The molecule has 1 aliphatic rings. The van der Waals surface area contributed by atoms with Crippen LogP contribution in [-0.2, 0) is 4.74 Å². The molecule has 1 fully saturated rings. The molecule has 0 N–H and O–H groups in total. The number of hydrogen-bond donors (Lipinski definition) is 0. The topological polar surface area (TPSA) is 42.4 Å². The van der Waals surface area contributed by atoms with Crippen molar-refractivity contribution in [2.75, 3.05) is 18.1 Å². The quantitative estimate of drug-likeness (QED) is 0.540. The maximum atomic E-state index is 13.3. The van der Waals surface area contributed by atoms with Crippen molar-refractivity contribution in [2.45, 2.75) is 25.9 Å². The van der Waals surface area contributed by atoms with Crippen LogP contribution >= 0.6 is 34.5 Å². The molecule has 0 aliphatic carbocycles. The number of thiazole rings is 1. The van der Waals surface area contributed by atoms with Crippen LogP contribution in [0.2, 0.25) is 10.0 Å². The number of aromatic nitrogens is 1.